The fourth-order valence-electron chi connectivity index (χ4n) is 2.84. The Balaban J connectivity index is 1.57. The molecule has 0 aliphatic carbocycles. The monoisotopic (exact) mass is 315 g/mol. The van der Waals surface area contributed by atoms with E-state index in [1.807, 2.05) is 36.2 Å². The van der Waals surface area contributed by atoms with Crippen LogP contribution in [0.4, 0.5) is 0 Å². The Morgan fingerprint density at radius 2 is 2.00 bits per heavy atom. The van der Waals surface area contributed by atoms with Crippen molar-refractivity contribution in [3.05, 3.63) is 51.5 Å². The van der Waals surface area contributed by atoms with Gasteiger partial charge in [-0.25, -0.2) is 0 Å². The quantitative estimate of drug-likeness (QED) is 0.874. The maximum atomic E-state index is 12.6. The predicted molar refractivity (Wildman–Crippen MR) is 89.2 cm³/mol. The number of pyridine rings is 1. The predicted octanol–water partition coefficient (Wildman–Crippen LogP) is 2.72. The molecule has 3 heterocycles. The minimum atomic E-state index is 0.180. The number of hydrogen-bond acceptors (Lipinski definition) is 4. The first-order valence-corrected chi connectivity index (χ1v) is 8.43. The van der Waals surface area contributed by atoms with Gasteiger partial charge in [0.2, 0.25) is 0 Å². The summed E-state index contributed by atoms with van der Waals surface area (Å²) in [6, 6.07) is 8.02. The van der Waals surface area contributed by atoms with Gasteiger partial charge in [-0.3, -0.25) is 14.7 Å². The average molecular weight is 315 g/mol. The zero-order valence-corrected chi connectivity index (χ0v) is 13.9. The summed E-state index contributed by atoms with van der Waals surface area (Å²) in [4.78, 5) is 23.6. The van der Waals surface area contributed by atoms with E-state index in [-0.39, 0.29) is 5.91 Å². The molecule has 0 atom stereocenters. The van der Waals surface area contributed by atoms with Crippen LogP contribution in [0.2, 0.25) is 0 Å². The third-order valence-electron chi connectivity index (χ3n) is 4.04. The zero-order valence-electron chi connectivity index (χ0n) is 13.1. The number of nitrogens with zero attached hydrogens (tertiary/aromatic N) is 3. The van der Waals surface area contributed by atoms with Gasteiger partial charge in [0.25, 0.3) is 5.91 Å². The fraction of sp³-hybridized carbons (Fsp3) is 0.412. The van der Waals surface area contributed by atoms with Crippen molar-refractivity contribution in [2.24, 2.45) is 0 Å². The molecule has 1 amide bonds. The summed E-state index contributed by atoms with van der Waals surface area (Å²) in [5.74, 6) is 0.180. The molecule has 2 aromatic heterocycles. The van der Waals surface area contributed by atoms with E-state index in [9.17, 15) is 4.79 Å². The van der Waals surface area contributed by atoms with Crippen molar-refractivity contribution in [1.29, 1.82) is 0 Å². The molecular weight excluding hydrogens is 294 g/mol. The highest BCUT2D eigenvalue weighted by Crippen LogP contribution is 2.22. The van der Waals surface area contributed by atoms with Crippen LogP contribution in [0, 0.1) is 13.8 Å². The second-order valence-corrected chi connectivity index (χ2v) is 7.18. The van der Waals surface area contributed by atoms with E-state index in [0.717, 1.165) is 48.9 Å². The normalized spacial score (nSPS) is 16.0. The number of hydrogen-bond donors (Lipinski definition) is 0. The zero-order chi connectivity index (χ0) is 15.5. The Hall–Kier alpha value is -1.72. The first-order chi connectivity index (χ1) is 10.6. The van der Waals surface area contributed by atoms with E-state index in [1.54, 1.807) is 11.3 Å². The minimum absolute atomic E-state index is 0.180. The molecule has 1 saturated heterocycles. The van der Waals surface area contributed by atoms with Gasteiger partial charge in [0.1, 0.15) is 0 Å². The topological polar surface area (TPSA) is 36.4 Å². The molecule has 1 aliphatic heterocycles. The molecule has 0 N–H and O–H groups in total. The summed E-state index contributed by atoms with van der Waals surface area (Å²) in [5.41, 5.74) is 1.97. The molecule has 0 bridgehead atoms. The molecule has 1 aliphatic rings. The lowest BCUT2D eigenvalue weighted by atomic mass is 10.2. The van der Waals surface area contributed by atoms with E-state index in [4.69, 9.17) is 0 Å². The van der Waals surface area contributed by atoms with Gasteiger partial charge in [-0.1, -0.05) is 6.07 Å². The van der Waals surface area contributed by atoms with Crippen LogP contribution in [0.1, 0.15) is 25.8 Å². The summed E-state index contributed by atoms with van der Waals surface area (Å²) in [6.07, 6.45) is 1.83. The van der Waals surface area contributed by atoms with Crippen molar-refractivity contribution in [3.8, 4) is 0 Å². The molecule has 1 fully saturated rings. The Bertz CT molecular complexity index is 645. The third kappa shape index (κ3) is 3.36. The van der Waals surface area contributed by atoms with Crippen molar-refractivity contribution < 1.29 is 4.79 Å². The number of aromatic nitrogens is 1. The summed E-state index contributed by atoms with van der Waals surface area (Å²) >= 11 is 1.70. The second-order valence-electron chi connectivity index (χ2n) is 5.72. The van der Waals surface area contributed by atoms with Gasteiger partial charge in [-0.2, -0.15) is 0 Å². The van der Waals surface area contributed by atoms with E-state index < -0.39 is 0 Å². The molecule has 22 heavy (non-hydrogen) atoms. The highest BCUT2D eigenvalue weighted by molar-refractivity contribution is 7.12. The maximum Gasteiger partial charge on any atom is 0.255 e. The SMILES string of the molecule is Cc1cc(C(=O)N2CCN(Cc3ccccn3)CC2)c(C)s1. The largest absolute Gasteiger partial charge is 0.336 e. The highest BCUT2D eigenvalue weighted by Gasteiger charge is 2.24. The van der Waals surface area contributed by atoms with Gasteiger partial charge >= 0.3 is 0 Å². The van der Waals surface area contributed by atoms with Crippen LogP contribution >= 0.6 is 11.3 Å². The number of amides is 1. The first kappa shape index (κ1) is 15.2. The minimum Gasteiger partial charge on any atom is -0.336 e. The molecule has 116 valence electrons. The average Bonchev–Trinajstić information content (AvgIpc) is 2.87. The molecule has 5 heteroatoms. The van der Waals surface area contributed by atoms with Gasteiger partial charge in [-0.05, 0) is 32.0 Å². The van der Waals surface area contributed by atoms with Crippen LogP contribution in [0.5, 0.6) is 0 Å². The molecule has 0 aromatic carbocycles. The fourth-order valence-corrected chi connectivity index (χ4v) is 3.76. The van der Waals surface area contributed by atoms with Crippen LogP contribution in [0.15, 0.2) is 30.5 Å². The number of carbonyl (C=O) groups is 1. The van der Waals surface area contributed by atoms with Gasteiger partial charge < -0.3 is 4.90 Å². The first-order valence-electron chi connectivity index (χ1n) is 7.62. The number of thiophene rings is 1. The molecule has 0 radical (unpaired) electrons. The maximum absolute atomic E-state index is 12.6. The van der Waals surface area contributed by atoms with Gasteiger partial charge in [-0.15, -0.1) is 11.3 Å². The van der Waals surface area contributed by atoms with Crippen LogP contribution in [-0.4, -0.2) is 46.9 Å². The molecule has 4 nitrogen and oxygen atoms in total. The molecule has 0 spiro atoms. The van der Waals surface area contributed by atoms with E-state index in [0.29, 0.717) is 0 Å². The van der Waals surface area contributed by atoms with Crippen LogP contribution in [0.3, 0.4) is 0 Å². The van der Waals surface area contributed by atoms with Crippen LogP contribution in [0.25, 0.3) is 0 Å². The molecule has 0 unspecified atom stereocenters. The van der Waals surface area contributed by atoms with Gasteiger partial charge in [0.15, 0.2) is 0 Å². The summed E-state index contributed by atoms with van der Waals surface area (Å²) in [7, 11) is 0. The number of rotatable bonds is 3. The second kappa shape index (κ2) is 6.58. The van der Waals surface area contributed by atoms with Crippen molar-refractivity contribution in [1.82, 2.24) is 14.8 Å². The molecule has 3 rings (SSSR count). The highest BCUT2D eigenvalue weighted by atomic mass is 32.1. The van der Waals surface area contributed by atoms with Crippen molar-refractivity contribution in [2.45, 2.75) is 20.4 Å². The van der Waals surface area contributed by atoms with Crippen LogP contribution < -0.4 is 0 Å². The number of piperazine rings is 1. The van der Waals surface area contributed by atoms with Crippen LogP contribution in [-0.2, 0) is 6.54 Å². The number of carbonyl (C=O) groups excluding carboxylic acids is 1. The smallest absolute Gasteiger partial charge is 0.255 e. The Kier molecular flexibility index (Phi) is 4.55. The van der Waals surface area contributed by atoms with Gasteiger partial charge in [0, 0.05) is 48.7 Å². The lowest BCUT2D eigenvalue weighted by Gasteiger charge is -2.34. The Morgan fingerprint density at radius 1 is 1.23 bits per heavy atom. The Morgan fingerprint density at radius 3 is 2.59 bits per heavy atom. The standard InChI is InChI=1S/C17H21N3OS/c1-13-11-16(14(2)22-13)17(21)20-9-7-19(8-10-20)12-15-5-3-4-6-18-15/h3-6,11H,7-10,12H2,1-2H3. The Labute approximate surface area is 135 Å². The lowest BCUT2D eigenvalue weighted by molar-refractivity contribution is 0.0627. The van der Waals surface area contributed by atoms with E-state index in [1.165, 1.54) is 4.88 Å². The van der Waals surface area contributed by atoms with Crippen molar-refractivity contribution >= 4 is 17.2 Å². The number of aryl methyl sites for hydroxylation is 2. The van der Waals surface area contributed by atoms with E-state index >= 15 is 0 Å². The molecule has 2 aromatic rings. The van der Waals surface area contributed by atoms with E-state index in [2.05, 4.69) is 22.9 Å². The van der Waals surface area contributed by atoms with Crippen molar-refractivity contribution in [3.63, 3.8) is 0 Å². The molecular formula is C17H21N3OS. The summed E-state index contributed by atoms with van der Waals surface area (Å²) in [6.45, 7) is 8.34. The lowest BCUT2D eigenvalue weighted by Crippen LogP contribution is -2.48. The summed E-state index contributed by atoms with van der Waals surface area (Å²) in [5, 5.41) is 0. The summed E-state index contributed by atoms with van der Waals surface area (Å²) < 4.78 is 0. The van der Waals surface area contributed by atoms with Crippen molar-refractivity contribution in [2.75, 3.05) is 26.2 Å². The molecule has 0 saturated carbocycles. The third-order valence-corrected chi connectivity index (χ3v) is 5.01. The van der Waals surface area contributed by atoms with Gasteiger partial charge in [0.05, 0.1) is 11.3 Å².